The minimum absolute atomic E-state index is 0.196. The summed E-state index contributed by atoms with van der Waals surface area (Å²) in [6, 6.07) is -0.952. The van der Waals surface area contributed by atoms with E-state index in [1.807, 2.05) is 12.2 Å². The molecular weight excluding hydrogens is 979 g/mol. The van der Waals surface area contributed by atoms with Crippen LogP contribution in [0, 0.1) is 0 Å². The normalized spacial score (nSPS) is 25.4. The molecule has 0 bridgehead atoms. The maximum atomic E-state index is 13.2. The largest absolute Gasteiger partial charge is 0.394 e. The molecule has 2 aliphatic heterocycles. The average molecular weight is 1090 g/mol. The lowest BCUT2D eigenvalue weighted by atomic mass is 9.97. The molecule has 2 saturated heterocycles. The van der Waals surface area contributed by atoms with Crippen molar-refractivity contribution >= 4 is 5.91 Å². The maximum Gasteiger partial charge on any atom is 0.220 e. The first kappa shape index (κ1) is 70.0. The number of ether oxygens (including phenoxy) is 4. The van der Waals surface area contributed by atoms with Crippen LogP contribution >= 0.6 is 0 Å². The Hall–Kier alpha value is -3.09. The van der Waals surface area contributed by atoms with Gasteiger partial charge in [0.05, 0.1) is 32.0 Å². The minimum Gasteiger partial charge on any atom is -0.394 e. The van der Waals surface area contributed by atoms with Gasteiger partial charge in [0.1, 0.15) is 48.8 Å². The zero-order valence-corrected chi connectivity index (χ0v) is 47.4. The summed E-state index contributed by atoms with van der Waals surface area (Å²) >= 11 is 0. The number of carbonyl (C=O) groups is 1. The van der Waals surface area contributed by atoms with Gasteiger partial charge >= 0.3 is 0 Å². The highest BCUT2D eigenvalue weighted by Gasteiger charge is 2.51. The van der Waals surface area contributed by atoms with Crippen LogP contribution in [0.5, 0.6) is 0 Å². The van der Waals surface area contributed by atoms with Crippen molar-refractivity contribution in [3.8, 4) is 0 Å². The van der Waals surface area contributed by atoms with Gasteiger partial charge in [-0.1, -0.05) is 220 Å². The molecule has 14 heteroatoms. The van der Waals surface area contributed by atoms with Gasteiger partial charge in [0.15, 0.2) is 12.6 Å². The predicted molar refractivity (Wildman–Crippen MR) is 309 cm³/mol. The second kappa shape index (κ2) is 47.7. The van der Waals surface area contributed by atoms with Crippen LogP contribution < -0.4 is 5.32 Å². The van der Waals surface area contributed by atoms with Crippen LogP contribution in [0.15, 0.2) is 97.2 Å². The Labute approximate surface area is 464 Å². The fourth-order valence-electron chi connectivity index (χ4n) is 9.22. The van der Waals surface area contributed by atoms with E-state index in [-0.39, 0.29) is 18.9 Å². The number of hydrogen-bond donors (Lipinski definition) is 9. The Kier molecular flexibility index (Phi) is 43.4. The van der Waals surface area contributed by atoms with Gasteiger partial charge in [-0.25, -0.2) is 0 Å². The lowest BCUT2D eigenvalue weighted by Crippen LogP contribution is -2.65. The van der Waals surface area contributed by atoms with Crippen molar-refractivity contribution in [2.45, 2.75) is 274 Å². The topological polar surface area (TPSA) is 228 Å². The molecule has 0 radical (unpaired) electrons. The molecule has 0 aromatic rings. The molecule has 0 saturated carbocycles. The lowest BCUT2D eigenvalue weighted by molar-refractivity contribution is -0.359. The van der Waals surface area contributed by atoms with Gasteiger partial charge < -0.3 is 65.1 Å². The highest BCUT2D eigenvalue weighted by atomic mass is 16.7. The molecule has 12 atom stereocenters. The molecule has 2 aliphatic rings. The van der Waals surface area contributed by atoms with Crippen LogP contribution in [-0.2, 0) is 23.7 Å². The molecule has 0 aliphatic carbocycles. The van der Waals surface area contributed by atoms with Gasteiger partial charge in [-0.05, 0) is 70.6 Å². The van der Waals surface area contributed by atoms with Crippen molar-refractivity contribution in [1.29, 1.82) is 0 Å². The smallest absolute Gasteiger partial charge is 0.220 e. The van der Waals surface area contributed by atoms with Crippen molar-refractivity contribution in [2.75, 3.05) is 19.8 Å². The van der Waals surface area contributed by atoms with Crippen LogP contribution in [0.2, 0.25) is 0 Å². The molecule has 9 N–H and O–H groups in total. The molecule has 2 rings (SSSR count). The molecule has 77 heavy (non-hydrogen) atoms. The Morgan fingerprint density at radius 1 is 0.481 bits per heavy atom. The highest BCUT2D eigenvalue weighted by Crippen LogP contribution is 2.30. The summed E-state index contributed by atoms with van der Waals surface area (Å²) in [5.74, 6) is -0.300. The fourth-order valence-corrected chi connectivity index (χ4v) is 9.22. The third kappa shape index (κ3) is 33.3. The first-order valence-electron chi connectivity index (χ1n) is 30.0. The van der Waals surface area contributed by atoms with Crippen molar-refractivity contribution in [1.82, 2.24) is 5.32 Å². The molecular formula is C63H107NO13. The first-order valence-corrected chi connectivity index (χ1v) is 30.0. The van der Waals surface area contributed by atoms with E-state index in [0.717, 1.165) is 70.6 Å². The van der Waals surface area contributed by atoms with E-state index >= 15 is 0 Å². The zero-order chi connectivity index (χ0) is 56.0. The van der Waals surface area contributed by atoms with Crippen LogP contribution in [-0.4, -0.2) is 140 Å². The van der Waals surface area contributed by atoms with E-state index < -0.39 is 86.8 Å². The van der Waals surface area contributed by atoms with Crippen molar-refractivity contribution in [3.05, 3.63) is 97.2 Å². The summed E-state index contributed by atoms with van der Waals surface area (Å²) in [5.41, 5.74) is 0. The SMILES string of the molecule is CC/C=C\C/C=C\C/C=C\C/C=C\C/C=C\C/C=C\C/C=C\CCCC(=O)NC(COC1OC(CO)C(OC2OC(CO)C(O)C(O)C2O)C(O)C1O)C(O)/C=C/CCCCCCCCCCCCCCCCCCCC. The predicted octanol–water partition coefficient (Wildman–Crippen LogP) is 10.3. The Morgan fingerprint density at radius 3 is 1.36 bits per heavy atom. The quantitative estimate of drug-likeness (QED) is 0.0205. The summed E-state index contributed by atoms with van der Waals surface area (Å²) in [5, 5.41) is 87.1. The summed E-state index contributed by atoms with van der Waals surface area (Å²) in [6.45, 7) is 2.64. The van der Waals surface area contributed by atoms with E-state index in [1.54, 1.807) is 6.08 Å². The van der Waals surface area contributed by atoms with Gasteiger partial charge in [-0.15, -0.1) is 0 Å². The molecule has 0 spiro atoms. The van der Waals surface area contributed by atoms with E-state index in [0.29, 0.717) is 12.8 Å². The first-order chi connectivity index (χ1) is 37.6. The number of carbonyl (C=O) groups excluding carboxylic acids is 1. The monoisotopic (exact) mass is 1090 g/mol. The second-order valence-corrected chi connectivity index (χ2v) is 20.7. The van der Waals surface area contributed by atoms with E-state index in [9.17, 15) is 45.6 Å². The third-order valence-electron chi connectivity index (χ3n) is 14.0. The number of amides is 1. The van der Waals surface area contributed by atoms with E-state index in [1.165, 1.54) is 96.3 Å². The number of nitrogens with one attached hydrogen (secondary N) is 1. The highest BCUT2D eigenvalue weighted by molar-refractivity contribution is 5.76. The van der Waals surface area contributed by atoms with Crippen LogP contribution in [0.25, 0.3) is 0 Å². The number of allylic oxidation sites excluding steroid dienone is 15. The number of unbranched alkanes of at least 4 members (excludes halogenated alkanes) is 19. The van der Waals surface area contributed by atoms with Crippen LogP contribution in [0.1, 0.15) is 200 Å². The van der Waals surface area contributed by atoms with E-state index in [2.05, 4.69) is 98.2 Å². The minimum atomic E-state index is -1.80. The van der Waals surface area contributed by atoms with Crippen LogP contribution in [0.4, 0.5) is 0 Å². The Bertz CT molecular complexity index is 1660. The van der Waals surface area contributed by atoms with Crippen molar-refractivity contribution in [2.24, 2.45) is 0 Å². The van der Waals surface area contributed by atoms with Crippen molar-refractivity contribution in [3.63, 3.8) is 0 Å². The molecule has 2 heterocycles. The average Bonchev–Trinajstić information content (AvgIpc) is 3.44. The number of aliphatic hydroxyl groups excluding tert-OH is 8. The number of hydrogen-bond acceptors (Lipinski definition) is 13. The van der Waals surface area contributed by atoms with Gasteiger partial charge in [-0.2, -0.15) is 0 Å². The van der Waals surface area contributed by atoms with Gasteiger partial charge in [0.2, 0.25) is 5.91 Å². The van der Waals surface area contributed by atoms with Crippen molar-refractivity contribution < 1.29 is 64.6 Å². The second-order valence-electron chi connectivity index (χ2n) is 20.7. The molecule has 14 nitrogen and oxygen atoms in total. The van der Waals surface area contributed by atoms with Gasteiger partial charge in [-0.3, -0.25) is 4.79 Å². The molecule has 1 amide bonds. The molecule has 2 fully saturated rings. The standard InChI is InChI=1S/C63H107NO13/c1-3-5-7-9-11-13-15-17-19-21-23-25-26-27-29-31-33-35-37-39-41-43-45-47-55(68)64-51(52(67)46-44-42-40-38-36-34-32-30-28-24-22-20-18-16-14-12-10-8-6-4-2)50-74-62-60(73)58(71)61(54(49-66)76-62)77-63-59(72)57(70)56(69)53(48-65)75-63/h5,7,11,13,17,19,23,25,27,29,33,35,39,41,44,46,51-54,56-63,65-67,69-73H,3-4,6,8-10,12,14-16,18,20-22,24,26,28,30-32,34,36-38,40,42-43,45,47-50H2,1-2H3,(H,64,68)/b7-5-,13-11-,19-17-,25-23-,29-27-,35-33-,41-39-,46-44+. The molecule has 0 aromatic carbocycles. The third-order valence-corrected chi connectivity index (χ3v) is 14.0. The zero-order valence-electron chi connectivity index (χ0n) is 47.4. The van der Waals surface area contributed by atoms with Gasteiger partial charge in [0, 0.05) is 6.42 Å². The summed E-state index contributed by atoms with van der Waals surface area (Å²) in [7, 11) is 0. The lowest BCUT2D eigenvalue weighted by Gasteiger charge is -2.46. The maximum absolute atomic E-state index is 13.2. The molecule has 0 aromatic heterocycles. The molecule has 12 unspecified atom stereocenters. The van der Waals surface area contributed by atoms with Gasteiger partial charge in [0.25, 0.3) is 0 Å². The van der Waals surface area contributed by atoms with Crippen LogP contribution in [0.3, 0.4) is 0 Å². The number of rotatable bonds is 46. The Morgan fingerprint density at radius 2 is 0.896 bits per heavy atom. The fraction of sp³-hybridized carbons (Fsp3) is 0.730. The summed E-state index contributed by atoms with van der Waals surface area (Å²) in [6.07, 6.45) is 48.7. The summed E-state index contributed by atoms with van der Waals surface area (Å²) in [4.78, 5) is 13.2. The number of aliphatic hydroxyl groups is 8. The summed E-state index contributed by atoms with van der Waals surface area (Å²) < 4.78 is 22.7. The molecule has 442 valence electrons. The Balaban J connectivity index is 1.81. The van der Waals surface area contributed by atoms with E-state index in [4.69, 9.17) is 18.9 Å².